The maximum Gasteiger partial charge on any atom is 0.410 e. The molecule has 0 radical (unpaired) electrons. The highest BCUT2D eigenvalue weighted by atomic mass is 35.5. The molecule has 1 amide bonds. The number of hydrogen-bond acceptors (Lipinski definition) is 3. The number of amides is 1. The molecule has 1 aromatic rings. The van der Waals surface area contributed by atoms with Crippen LogP contribution >= 0.6 is 11.6 Å². The number of aryl methyl sites for hydroxylation is 1. The largest absolute Gasteiger partial charge is 0.444 e. The van der Waals surface area contributed by atoms with Gasteiger partial charge in [0.25, 0.3) is 0 Å². The molecule has 0 aromatic heterocycles. The van der Waals surface area contributed by atoms with Crippen molar-refractivity contribution >= 4 is 23.4 Å². The summed E-state index contributed by atoms with van der Waals surface area (Å²) < 4.78 is 5.57. The number of halogens is 1. The summed E-state index contributed by atoms with van der Waals surface area (Å²) in [5.74, 6) is 0.605. The van der Waals surface area contributed by atoms with Crippen LogP contribution in [0.5, 0.6) is 0 Å². The molecule has 2 aliphatic heterocycles. The highest BCUT2D eigenvalue weighted by molar-refractivity contribution is 6.34. The minimum absolute atomic E-state index is 0.224. The third kappa shape index (κ3) is 4.71. The van der Waals surface area contributed by atoms with Gasteiger partial charge in [-0.2, -0.15) is 0 Å². The van der Waals surface area contributed by atoms with E-state index in [0.29, 0.717) is 19.0 Å². The molecule has 0 saturated heterocycles. The van der Waals surface area contributed by atoms with E-state index in [1.165, 1.54) is 28.8 Å². The summed E-state index contributed by atoms with van der Waals surface area (Å²) in [5, 5.41) is 0.911. The zero-order valence-electron chi connectivity index (χ0n) is 17.4. The highest BCUT2D eigenvalue weighted by Crippen LogP contribution is 2.40. The summed E-state index contributed by atoms with van der Waals surface area (Å²) in [6.45, 7) is 13.7. The first-order valence-electron chi connectivity index (χ1n) is 10.2. The van der Waals surface area contributed by atoms with E-state index in [9.17, 15) is 4.79 Å². The Morgan fingerprint density at radius 2 is 1.85 bits per heavy atom. The van der Waals surface area contributed by atoms with Gasteiger partial charge in [0.05, 0.1) is 10.7 Å². The summed E-state index contributed by atoms with van der Waals surface area (Å²) in [6, 6.07) is 2.35. The zero-order valence-corrected chi connectivity index (χ0v) is 18.2. The van der Waals surface area contributed by atoms with Gasteiger partial charge in [-0.15, -0.1) is 0 Å². The number of carbonyl (C=O) groups is 1. The van der Waals surface area contributed by atoms with Crippen LogP contribution in [-0.2, 0) is 24.0 Å². The van der Waals surface area contributed by atoms with Gasteiger partial charge in [0, 0.05) is 26.2 Å². The standard InChI is InChI=1S/C22H33ClN2O2/c1-15(2)14-25-10-6-7-17-13-16-8-11-24(21(26)27-22(3,4)5)12-9-18(16)19(23)20(17)25/h13,15H,6-12,14H2,1-5H3. The monoisotopic (exact) mass is 392 g/mol. The van der Waals surface area contributed by atoms with E-state index in [0.717, 1.165) is 37.4 Å². The lowest BCUT2D eigenvalue weighted by Crippen LogP contribution is -2.38. The van der Waals surface area contributed by atoms with Crippen molar-refractivity contribution < 1.29 is 9.53 Å². The number of anilines is 1. The molecule has 0 N–H and O–H groups in total. The van der Waals surface area contributed by atoms with Gasteiger partial charge in [0.1, 0.15) is 5.60 Å². The van der Waals surface area contributed by atoms with Gasteiger partial charge >= 0.3 is 6.09 Å². The molecule has 0 aliphatic carbocycles. The summed E-state index contributed by atoms with van der Waals surface area (Å²) in [6.07, 6.45) is 3.67. The minimum Gasteiger partial charge on any atom is -0.444 e. The van der Waals surface area contributed by atoms with E-state index in [2.05, 4.69) is 24.8 Å². The third-order valence-corrected chi connectivity index (χ3v) is 5.63. The minimum atomic E-state index is -0.468. The molecule has 5 heteroatoms. The fourth-order valence-electron chi connectivity index (χ4n) is 4.14. The topological polar surface area (TPSA) is 32.8 Å². The molecule has 0 spiro atoms. The number of hydrogen-bond donors (Lipinski definition) is 0. The Morgan fingerprint density at radius 1 is 1.15 bits per heavy atom. The first-order chi connectivity index (χ1) is 12.7. The summed E-state index contributed by atoms with van der Waals surface area (Å²) in [7, 11) is 0. The van der Waals surface area contributed by atoms with Crippen LogP contribution in [0.4, 0.5) is 10.5 Å². The maximum absolute atomic E-state index is 12.5. The van der Waals surface area contributed by atoms with Gasteiger partial charge in [-0.1, -0.05) is 31.5 Å². The number of rotatable bonds is 2. The molecular formula is C22H33ClN2O2. The van der Waals surface area contributed by atoms with Gasteiger partial charge < -0.3 is 14.5 Å². The maximum atomic E-state index is 12.5. The SMILES string of the molecule is CC(C)CN1CCCc2cc3c(c(Cl)c21)CCN(C(=O)OC(C)(C)C)CC3. The molecule has 0 unspecified atom stereocenters. The molecule has 1 aromatic carbocycles. The van der Waals surface area contributed by atoms with Crippen LogP contribution in [0.1, 0.15) is 57.7 Å². The molecule has 0 saturated carbocycles. The quantitative estimate of drug-likeness (QED) is 0.703. The van der Waals surface area contributed by atoms with Gasteiger partial charge in [0.2, 0.25) is 0 Å². The van der Waals surface area contributed by atoms with Gasteiger partial charge in [0.15, 0.2) is 0 Å². The van der Waals surface area contributed by atoms with Crippen LogP contribution in [0.15, 0.2) is 6.07 Å². The second-order valence-corrected chi connectivity index (χ2v) is 9.62. The predicted molar refractivity (Wildman–Crippen MR) is 112 cm³/mol. The third-order valence-electron chi connectivity index (χ3n) is 5.22. The number of carbonyl (C=O) groups excluding carboxylic acids is 1. The molecule has 4 nitrogen and oxygen atoms in total. The highest BCUT2D eigenvalue weighted by Gasteiger charge is 2.28. The van der Waals surface area contributed by atoms with Crippen molar-refractivity contribution in [3.63, 3.8) is 0 Å². The van der Waals surface area contributed by atoms with Crippen molar-refractivity contribution in [2.45, 2.75) is 65.9 Å². The van der Waals surface area contributed by atoms with Crippen molar-refractivity contribution in [3.8, 4) is 0 Å². The summed E-state index contributed by atoms with van der Waals surface area (Å²) >= 11 is 6.95. The average Bonchev–Trinajstić information content (AvgIpc) is 2.76. The molecule has 27 heavy (non-hydrogen) atoms. The van der Waals surface area contributed by atoms with Crippen LogP contribution in [-0.4, -0.2) is 42.8 Å². The van der Waals surface area contributed by atoms with Crippen LogP contribution in [0.25, 0.3) is 0 Å². The Morgan fingerprint density at radius 3 is 2.52 bits per heavy atom. The Labute approximate surface area is 168 Å². The van der Waals surface area contributed by atoms with E-state index in [1.807, 2.05) is 25.7 Å². The normalized spacial score (nSPS) is 17.4. The van der Waals surface area contributed by atoms with Crippen molar-refractivity contribution in [3.05, 3.63) is 27.8 Å². The molecule has 2 aliphatic rings. The Balaban J connectivity index is 1.85. The smallest absolute Gasteiger partial charge is 0.410 e. The Kier molecular flexibility index (Phi) is 5.95. The molecule has 0 bridgehead atoms. The van der Waals surface area contributed by atoms with Crippen LogP contribution in [0, 0.1) is 5.92 Å². The second-order valence-electron chi connectivity index (χ2n) is 9.25. The lowest BCUT2D eigenvalue weighted by atomic mass is 9.92. The van der Waals surface area contributed by atoms with E-state index < -0.39 is 5.60 Å². The van der Waals surface area contributed by atoms with Crippen LogP contribution in [0.3, 0.4) is 0 Å². The van der Waals surface area contributed by atoms with Crippen LogP contribution in [0.2, 0.25) is 5.02 Å². The number of fused-ring (bicyclic) bond motifs is 2. The van der Waals surface area contributed by atoms with Crippen LogP contribution < -0.4 is 4.90 Å². The molecular weight excluding hydrogens is 360 g/mol. The van der Waals surface area contributed by atoms with E-state index in [-0.39, 0.29) is 6.09 Å². The molecule has 150 valence electrons. The van der Waals surface area contributed by atoms with E-state index in [1.54, 1.807) is 0 Å². The first kappa shape index (κ1) is 20.3. The zero-order chi connectivity index (χ0) is 19.8. The first-order valence-corrected chi connectivity index (χ1v) is 10.6. The van der Waals surface area contributed by atoms with Gasteiger partial charge in [-0.3, -0.25) is 0 Å². The van der Waals surface area contributed by atoms with Crippen molar-refractivity contribution in [1.29, 1.82) is 0 Å². The van der Waals surface area contributed by atoms with Gasteiger partial charge in [-0.25, -0.2) is 4.79 Å². The lowest BCUT2D eigenvalue weighted by molar-refractivity contribution is 0.0258. The Bertz CT molecular complexity index is 709. The average molecular weight is 393 g/mol. The van der Waals surface area contributed by atoms with Crippen molar-refractivity contribution in [2.24, 2.45) is 5.92 Å². The molecule has 3 rings (SSSR count). The number of benzene rings is 1. The van der Waals surface area contributed by atoms with E-state index in [4.69, 9.17) is 16.3 Å². The fourth-order valence-corrected chi connectivity index (χ4v) is 4.59. The summed E-state index contributed by atoms with van der Waals surface area (Å²) in [5.41, 5.74) is 4.66. The molecule has 0 atom stereocenters. The lowest BCUT2D eigenvalue weighted by Gasteiger charge is -2.34. The molecule has 0 fully saturated rings. The van der Waals surface area contributed by atoms with Gasteiger partial charge in [-0.05, 0) is 69.1 Å². The second kappa shape index (κ2) is 7.90. The summed E-state index contributed by atoms with van der Waals surface area (Å²) in [4.78, 5) is 16.8. The number of nitrogens with zero attached hydrogens (tertiary/aromatic N) is 2. The van der Waals surface area contributed by atoms with Crippen molar-refractivity contribution in [2.75, 3.05) is 31.1 Å². The molecule has 2 heterocycles. The number of ether oxygens (including phenoxy) is 1. The predicted octanol–water partition coefficient (Wildman–Crippen LogP) is 5.08. The fraction of sp³-hybridized carbons (Fsp3) is 0.682. The Hall–Kier alpha value is -1.42. The van der Waals surface area contributed by atoms with E-state index >= 15 is 0 Å². The van der Waals surface area contributed by atoms with Crippen molar-refractivity contribution in [1.82, 2.24) is 4.90 Å².